The number of carboxylic acids is 1. The molecule has 2 amide bonds. The van der Waals surface area contributed by atoms with E-state index in [0.29, 0.717) is 18.8 Å². The molecule has 0 radical (unpaired) electrons. The third kappa shape index (κ3) is 3.94. The minimum absolute atomic E-state index is 0.229. The van der Waals surface area contributed by atoms with Crippen LogP contribution in [0.4, 0.5) is 10.5 Å². The smallest absolute Gasteiger partial charge is 0.325 e. The highest BCUT2D eigenvalue weighted by atomic mass is 16.5. The van der Waals surface area contributed by atoms with Gasteiger partial charge in [-0.25, -0.2) is 4.79 Å². The molecular formula is C13H20N4O4. The average molecular weight is 296 g/mol. The van der Waals surface area contributed by atoms with E-state index in [1.54, 1.807) is 12.0 Å². The van der Waals surface area contributed by atoms with Gasteiger partial charge in [0.25, 0.3) is 0 Å². The molecule has 21 heavy (non-hydrogen) atoms. The summed E-state index contributed by atoms with van der Waals surface area (Å²) in [6.45, 7) is 2.95. The van der Waals surface area contributed by atoms with Gasteiger partial charge in [0, 0.05) is 19.9 Å². The molecule has 2 heterocycles. The molecule has 0 bridgehead atoms. The Labute approximate surface area is 122 Å². The van der Waals surface area contributed by atoms with Crippen LogP contribution in [0.2, 0.25) is 0 Å². The van der Waals surface area contributed by atoms with E-state index in [-0.39, 0.29) is 18.2 Å². The van der Waals surface area contributed by atoms with Crippen molar-refractivity contribution >= 4 is 17.7 Å². The highest BCUT2D eigenvalue weighted by Gasteiger charge is 2.33. The quantitative estimate of drug-likeness (QED) is 0.864. The lowest BCUT2D eigenvalue weighted by Gasteiger charge is -2.39. The van der Waals surface area contributed by atoms with Gasteiger partial charge in [0.15, 0.2) is 0 Å². The van der Waals surface area contributed by atoms with Crippen LogP contribution in [0.15, 0.2) is 12.4 Å². The molecule has 0 aliphatic carbocycles. The molecule has 1 fully saturated rings. The molecule has 1 aromatic heterocycles. The average Bonchev–Trinajstić information content (AvgIpc) is 2.85. The second kappa shape index (κ2) is 6.13. The van der Waals surface area contributed by atoms with Gasteiger partial charge in [0.2, 0.25) is 0 Å². The predicted molar refractivity (Wildman–Crippen MR) is 75.1 cm³/mol. The Morgan fingerprint density at radius 3 is 3.00 bits per heavy atom. The molecule has 0 aromatic carbocycles. The molecule has 0 spiro atoms. The van der Waals surface area contributed by atoms with Gasteiger partial charge in [0.05, 0.1) is 24.0 Å². The third-order valence-electron chi connectivity index (χ3n) is 3.62. The van der Waals surface area contributed by atoms with Crippen LogP contribution >= 0.6 is 0 Å². The number of rotatable bonds is 4. The number of hydrogen-bond donors (Lipinski definition) is 2. The van der Waals surface area contributed by atoms with Crippen LogP contribution < -0.4 is 5.32 Å². The van der Waals surface area contributed by atoms with E-state index in [1.807, 2.05) is 6.92 Å². The SMILES string of the molecule is COC1(C)CCCN(C(=O)Nc2cnn(CC(=O)O)c2)C1. The number of methoxy groups -OCH3 is 1. The van der Waals surface area contributed by atoms with E-state index in [0.717, 1.165) is 12.8 Å². The van der Waals surface area contributed by atoms with Crippen molar-refractivity contribution in [1.29, 1.82) is 0 Å². The van der Waals surface area contributed by atoms with Crippen molar-refractivity contribution in [1.82, 2.24) is 14.7 Å². The van der Waals surface area contributed by atoms with E-state index in [1.165, 1.54) is 17.1 Å². The van der Waals surface area contributed by atoms with Crippen molar-refractivity contribution in [3.63, 3.8) is 0 Å². The Hall–Kier alpha value is -2.09. The maximum absolute atomic E-state index is 12.2. The van der Waals surface area contributed by atoms with Crippen LogP contribution in [-0.4, -0.2) is 57.6 Å². The number of nitrogens with one attached hydrogen (secondary N) is 1. The number of anilines is 1. The van der Waals surface area contributed by atoms with Gasteiger partial charge in [-0.15, -0.1) is 0 Å². The summed E-state index contributed by atoms with van der Waals surface area (Å²) in [5.74, 6) is -0.983. The zero-order valence-corrected chi connectivity index (χ0v) is 12.2. The zero-order chi connectivity index (χ0) is 15.5. The fraction of sp³-hybridized carbons (Fsp3) is 0.615. The van der Waals surface area contributed by atoms with E-state index >= 15 is 0 Å². The largest absolute Gasteiger partial charge is 0.480 e. The zero-order valence-electron chi connectivity index (χ0n) is 12.2. The highest BCUT2D eigenvalue weighted by molar-refractivity contribution is 5.89. The first-order chi connectivity index (χ1) is 9.92. The summed E-state index contributed by atoms with van der Waals surface area (Å²) >= 11 is 0. The van der Waals surface area contributed by atoms with Gasteiger partial charge < -0.3 is 20.1 Å². The van der Waals surface area contributed by atoms with Gasteiger partial charge >= 0.3 is 12.0 Å². The normalized spacial score (nSPS) is 22.1. The second-order valence-electron chi connectivity index (χ2n) is 5.43. The van der Waals surface area contributed by atoms with Crippen molar-refractivity contribution in [2.75, 3.05) is 25.5 Å². The molecule has 8 heteroatoms. The van der Waals surface area contributed by atoms with Crippen LogP contribution in [0.3, 0.4) is 0 Å². The maximum atomic E-state index is 12.2. The van der Waals surface area contributed by atoms with Crippen molar-refractivity contribution in [2.24, 2.45) is 0 Å². The Morgan fingerprint density at radius 1 is 1.57 bits per heavy atom. The van der Waals surface area contributed by atoms with Gasteiger partial charge in [0.1, 0.15) is 6.54 Å². The number of piperidine rings is 1. The van der Waals surface area contributed by atoms with Gasteiger partial charge in [-0.3, -0.25) is 9.48 Å². The van der Waals surface area contributed by atoms with Crippen molar-refractivity contribution in [3.05, 3.63) is 12.4 Å². The number of nitrogens with zero attached hydrogens (tertiary/aromatic N) is 3. The summed E-state index contributed by atoms with van der Waals surface area (Å²) in [6, 6.07) is -0.229. The Morgan fingerprint density at radius 2 is 2.33 bits per heavy atom. The topological polar surface area (TPSA) is 96.7 Å². The van der Waals surface area contributed by atoms with Crippen molar-refractivity contribution in [3.8, 4) is 0 Å². The number of likely N-dealkylation sites (tertiary alicyclic amines) is 1. The standard InChI is InChI=1S/C13H20N4O4/c1-13(21-2)4-3-5-16(9-13)12(20)15-10-6-14-17(7-10)8-11(18)19/h6-7H,3-5,8-9H2,1-2H3,(H,15,20)(H,18,19). The van der Waals surface area contributed by atoms with Gasteiger partial charge in [-0.2, -0.15) is 5.10 Å². The van der Waals surface area contributed by atoms with E-state index in [4.69, 9.17) is 9.84 Å². The maximum Gasteiger partial charge on any atom is 0.325 e. The molecule has 0 saturated carbocycles. The molecule has 1 aliphatic heterocycles. The highest BCUT2D eigenvalue weighted by Crippen LogP contribution is 2.24. The first-order valence-electron chi connectivity index (χ1n) is 6.77. The Balaban J connectivity index is 1.94. The van der Waals surface area contributed by atoms with E-state index < -0.39 is 5.97 Å². The number of carboxylic acid groups (broad SMARTS) is 1. The number of aliphatic carboxylic acids is 1. The Bertz CT molecular complexity index is 530. The molecule has 1 aromatic rings. The lowest BCUT2D eigenvalue weighted by atomic mass is 9.95. The molecule has 1 saturated heterocycles. The number of aromatic nitrogens is 2. The molecule has 1 atom stereocenters. The summed E-state index contributed by atoms with van der Waals surface area (Å²) in [6.07, 6.45) is 4.73. The summed E-state index contributed by atoms with van der Waals surface area (Å²) in [7, 11) is 1.65. The summed E-state index contributed by atoms with van der Waals surface area (Å²) in [4.78, 5) is 24.5. The van der Waals surface area contributed by atoms with Crippen LogP contribution in [-0.2, 0) is 16.1 Å². The molecule has 2 N–H and O–H groups in total. The Kier molecular flexibility index (Phi) is 4.46. The number of amides is 2. The monoisotopic (exact) mass is 296 g/mol. The van der Waals surface area contributed by atoms with Crippen LogP contribution in [0, 0.1) is 0 Å². The van der Waals surface area contributed by atoms with E-state index in [2.05, 4.69) is 10.4 Å². The molecule has 8 nitrogen and oxygen atoms in total. The fourth-order valence-electron chi connectivity index (χ4n) is 2.40. The lowest BCUT2D eigenvalue weighted by Crippen LogP contribution is -2.50. The van der Waals surface area contributed by atoms with Crippen LogP contribution in [0.1, 0.15) is 19.8 Å². The first kappa shape index (κ1) is 15.3. The fourth-order valence-corrected chi connectivity index (χ4v) is 2.40. The van der Waals surface area contributed by atoms with Gasteiger partial charge in [-0.05, 0) is 19.8 Å². The number of ether oxygens (including phenoxy) is 1. The lowest BCUT2D eigenvalue weighted by molar-refractivity contribution is -0.137. The number of urea groups is 1. The van der Waals surface area contributed by atoms with E-state index in [9.17, 15) is 9.59 Å². The molecule has 1 aliphatic rings. The second-order valence-corrected chi connectivity index (χ2v) is 5.43. The molecule has 2 rings (SSSR count). The number of carbonyl (C=O) groups is 2. The third-order valence-corrected chi connectivity index (χ3v) is 3.62. The van der Waals surface area contributed by atoms with Crippen molar-refractivity contribution < 1.29 is 19.4 Å². The number of hydrogen-bond acceptors (Lipinski definition) is 4. The molecular weight excluding hydrogens is 276 g/mol. The molecule has 116 valence electrons. The summed E-state index contributed by atoms with van der Waals surface area (Å²) < 4.78 is 6.71. The minimum Gasteiger partial charge on any atom is -0.480 e. The minimum atomic E-state index is -0.983. The van der Waals surface area contributed by atoms with Crippen molar-refractivity contribution in [2.45, 2.75) is 31.9 Å². The number of carbonyl (C=O) groups excluding carboxylic acids is 1. The van der Waals surface area contributed by atoms with Gasteiger partial charge in [-0.1, -0.05) is 0 Å². The summed E-state index contributed by atoms with van der Waals surface area (Å²) in [5.41, 5.74) is 0.161. The van der Waals surface area contributed by atoms with Crippen LogP contribution in [0.5, 0.6) is 0 Å². The first-order valence-corrected chi connectivity index (χ1v) is 6.77. The molecule has 1 unspecified atom stereocenters. The summed E-state index contributed by atoms with van der Waals surface area (Å²) in [5, 5.41) is 15.3. The predicted octanol–water partition coefficient (Wildman–Crippen LogP) is 1.00. The van der Waals surface area contributed by atoms with Crippen LogP contribution in [0.25, 0.3) is 0 Å².